The van der Waals surface area contributed by atoms with Crippen LogP contribution in [0.15, 0.2) is 47.7 Å². The van der Waals surface area contributed by atoms with E-state index in [1.54, 1.807) is 12.3 Å². The number of hydrogen-bond donors (Lipinski definition) is 1. The molecule has 2 aromatic carbocycles. The summed E-state index contributed by atoms with van der Waals surface area (Å²) < 4.78 is 15.0. The molecule has 6 heteroatoms. The Bertz CT molecular complexity index is 1070. The van der Waals surface area contributed by atoms with Gasteiger partial charge in [-0.2, -0.15) is 5.10 Å². The zero-order valence-corrected chi connectivity index (χ0v) is 18.7. The Morgan fingerprint density at radius 1 is 1.25 bits per heavy atom. The number of amides is 1. The van der Waals surface area contributed by atoms with Crippen LogP contribution in [-0.4, -0.2) is 34.8 Å². The van der Waals surface area contributed by atoms with Crippen LogP contribution in [0.5, 0.6) is 0 Å². The summed E-state index contributed by atoms with van der Waals surface area (Å²) in [5, 5.41) is 15.7. The van der Waals surface area contributed by atoms with Gasteiger partial charge in [-0.3, -0.25) is 4.79 Å². The predicted molar refractivity (Wildman–Crippen MR) is 125 cm³/mol. The van der Waals surface area contributed by atoms with Crippen LogP contribution in [0.4, 0.5) is 10.1 Å². The van der Waals surface area contributed by atoms with E-state index in [0.717, 1.165) is 42.4 Å². The van der Waals surface area contributed by atoms with Crippen LogP contribution in [-0.2, 0) is 19.4 Å². The lowest BCUT2D eigenvalue weighted by Gasteiger charge is -2.26. The molecule has 168 valence electrons. The average molecular weight is 436 g/mol. The molecule has 1 aliphatic heterocycles. The molecule has 0 bridgehead atoms. The minimum absolute atomic E-state index is 0.0234. The van der Waals surface area contributed by atoms with Crippen LogP contribution >= 0.6 is 0 Å². The summed E-state index contributed by atoms with van der Waals surface area (Å²) in [6.07, 6.45) is 6.83. The van der Waals surface area contributed by atoms with E-state index in [9.17, 15) is 14.3 Å². The highest BCUT2D eigenvalue weighted by Crippen LogP contribution is 2.34. The largest absolute Gasteiger partial charge is 0.391 e. The van der Waals surface area contributed by atoms with Crippen LogP contribution in [0.2, 0.25) is 0 Å². The van der Waals surface area contributed by atoms with Gasteiger partial charge in [0.15, 0.2) is 0 Å². The first-order valence-electron chi connectivity index (χ1n) is 11.3. The van der Waals surface area contributed by atoms with Gasteiger partial charge in [0.05, 0.1) is 17.8 Å². The molecule has 0 spiro atoms. The van der Waals surface area contributed by atoms with Crippen molar-refractivity contribution in [2.45, 2.75) is 64.6 Å². The lowest BCUT2D eigenvalue weighted by Crippen LogP contribution is -2.40. The van der Waals surface area contributed by atoms with Crippen molar-refractivity contribution in [3.05, 3.63) is 76.2 Å². The SMILES string of the molecule is C=NN(/C=C\C)c1ccc(Cc2cc3c(cc2CC)CN([C@H]2CCC[C@@H]2O)C3=O)c(F)c1. The molecule has 1 N–H and O–H groups in total. The Morgan fingerprint density at radius 2 is 2.06 bits per heavy atom. The molecule has 5 nitrogen and oxygen atoms in total. The third kappa shape index (κ3) is 4.07. The molecule has 2 aliphatic rings. The molecule has 4 rings (SSSR count). The topological polar surface area (TPSA) is 56.1 Å². The van der Waals surface area contributed by atoms with Gasteiger partial charge in [0.25, 0.3) is 5.91 Å². The lowest BCUT2D eigenvalue weighted by molar-refractivity contribution is 0.0479. The van der Waals surface area contributed by atoms with Crippen LogP contribution in [0.1, 0.15) is 65.7 Å². The third-order valence-electron chi connectivity index (χ3n) is 6.61. The predicted octanol–water partition coefficient (Wildman–Crippen LogP) is 4.80. The second-order valence-electron chi connectivity index (χ2n) is 8.55. The van der Waals surface area contributed by atoms with Gasteiger partial charge in [-0.05, 0) is 73.1 Å². The highest BCUT2D eigenvalue weighted by atomic mass is 19.1. The van der Waals surface area contributed by atoms with Crippen molar-refractivity contribution in [2.24, 2.45) is 5.10 Å². The van der Waals surface area contributed by atoms with Gasteiger partial charge < -0.3 is 10.0 Å². The Kier molecular flexibility index (Phi) is 6.42. The van der Waals surface area contributed by atoms with Gasteiger partial charge in [0.2, 0.25) is 0 Å². The molecule has 1 saturated carbocycles. The van der Waals surface area contributed by atoms with Gasteiger partial charge in [-0.15, -0.1) is 0 Å². The molecule has 1 fully saturated rings. The van der Waals surface area contributed by atoms with Crippen LogP contribution in [0.3, 0.4) is 0 Å². The van der Waals surface area contributed by atoms with Gasteiger partial charge in [0, 0.05) is 31.4 Å². The summed E-state index contributed by atoms with van der Waals surface area (Å²) in [6, 6.07) is 8.96. The number of aliphatic hydroxyl groups excluding tert-OH is 1. The zero-order chi connectivity index (χ0) is 22.8. The number of rotatable bonds is 7. The molecule has 2 atom stereocenters. The number of hydrogen-bond acceptors (Lipinski definition) is 4. The summed E-state index contributed by atoms with van der Waals surface area (Å²) in [6.45, 7) is 8.01. The number of aryl methyl sites for hydroxylation is 1. The second-order valence-corrected chi connectivity index (χ2v) is 8.55. The van der Waals surface area contributed by atoms with E-state index in [2.05, 4.69) is 24.8 Å². The fourth-order valence-electron chi connectivity index (χ4n) is 4.91. The Hall–Kier alpha value is -2.99. The molecule has 1 amide bonds. The first-order chi connectivity index (χ1) is 15.5. The number of allylic oxidation sites excluding steroid dienone is 1. The van der Waals surface area contributed by atoms with E-state index in [0.29, 0.717) is 29.8 Å². The maximum absolute atomic E-state index is 15.0. The van der Waals surface area contributed by atoms with Crippen LogP contribution in [0, 0.1) is 5.82 Å². The van der Waals surface area contributed by atoms with Crippen molar-refractivity contribution in [1.82, 2.24) is 4.90 Å². The van der Waals surface area contributed by atoms with E-state index < -0.39 is 6.10 Å². The average Bonchev–Trinajstić information content (AvgIpc) is 3.35. The van der Waals surface area contributed by atoms with Crippen LogP contribution in [0.25, 0.3) is 0 Å². The highest BCUT2D eigenvalue weighted by Gasteiger charge is 2.38. The summed E-state index contributed by atoms with van der Waals surface area (Å²) in [7, 11) is 0. The molecular formula is C26H30FN3O2. The fraction of sp³-hybridized carbons (Fsp3) is 0.385. The van der Waals surface area contributed by atoms with E-state index in [-0.39, 0.29) is 17.8 Å². The van der Waals surface area contributed by atoms with Crippen molar-refractivity contribution in [1.29, 1.82) is 0 Å². The number of nitrogens with zero attached hydrogens (tertiary/aromatic N) is 3. The first kappa shape index (κ1) is 22.2. The monoisotopic (exact) mass is 435 g/mol. The molecule has 32 heavy (non-hydrogen) atoms. The van der Waals surface area contributed by atoms with Crippen molar-refractivity contribution in [3.8, 4) is 0 Å². The molecule has 1 heterocycles. The number of fused-ring (bicyclic) bond motifs is 1. The minimum atomic E-state index is -0.446. The lowest BCUT2D eigenvalue weighted by atomic mass is 9.93. The number of carbonyl (C=O) groups is 1. The maximum Gasteiger partial charge on any atom is 0.254 e. The first-order valence-corrected chi connectivity index (χ1v) is 11.3. The third-order valence-corrected chi connectivity index (χ3v) is 6.61. The Balaban J connectivity index is 1.61. The molecule has 2 aromatic rings. The van der Waals surface area contributed by atoms with Crippen molar-refractivity contribution < 1.29 is 14.3 Å². The van der Waals surface area contributed by atoms with Gasteiger partial charge in [0.1, 0.15) is 5.82 Å². The number of aliphatic hydroxyl groups is 1. The second kappa shape index (κ2) is 9.25. The van der Waals surface area contributed by atoms with E-state index in [1.807, 2.05) is 30.0 Å². The molecule has 0 unspecified atom stereocenters. The standard InChI is InChI=1S/C26H30FN3O2/c1-4-11-30(28-3)21-10-9-18(23(27)15-21)13-19-14-22-20(12-17(19)5-2)16-29(26(22)32)24-7-6-8-25(24)31/h4,9-12,14-15,24-25,31H,3,5-8,13,16H2,1-2H3/b11-4-/t24-,25-/m0/s1. The molecule has 0 radical (unpaired) electrons. The quantitative estimate of drug-likeness (QED) is 0.502. The number of halogens is 1. The summed E-state index contributed by atoms with van der Waals surface area (Å²) >= 11 is 0. The smallest absolute Gasteiger partial charge is 0.254 e. The van der Waals surface area contributed by atoms with E-state index in [1.165, 1.54) is 11.1 Å². The summed E-state index contributed by atoms with van der Waals surface area (Å²) in [5.41, 5.74) is 4.95. The summed E-state index contributed by atoms with van der Waals surface area (Å²) in [4.78, 5) is 14.9. The highest BCUT2D eigenvalue weighted by molar-refractivity contribution is 5.99. The number of carbonyl (C=O) groups excluding carboxylic acids is 1. The molecular weight excluding hydrogens is 405 g/mol. The number of anilines is 1. The zero-order valence-electron chi connectivity index (χ0n) is 18.7. The van der Waals surface area contributed by atoms with Crippen molar-refractivity contribution in [2.75, 3.05) is 5.01 Å². The van der Waals surface area contributed by atoms with Crippen LogP contribution < -0.4 is 5.01 Å². The number of hydrazone groups is 1. The van der Waals surface area contributed by atoms with Gasteiger partial charge >= 0.3 is 0 Å². The normalized spacial score (nSPS) is 20.2. The number of benzene rings is 2. The fourth-order valence-corrected chi connectivity index (χ4v) is 4.91. The molecule has 0 aromatic heterocycles. The van der Waals surface area contributed by atoms with Gasteiger partial charge in [-0.1, -0.05) is 25.1 Å². The van der Waals surface area contributed by atoms with E-state index >= 15 is 0 Å². The summed E-state index contributed by atoms with van der Waals surface area (Å²) in [5.74, 6) is -0.338. The molecule has 0 saturated heterocycles. The molecule has 1 aliphatic carbocycles. The maximum atomic E-state index is 15.0. The Labute approximate surface area is 188 Å². The van der Waals surface area contributed by atoms with Crippen molar-refractivity contribution >= 4 is 18.3 Å². The van der Waals surface area contributed by atoms with E-state index in [4.69, 9.17) is 0 Å². The minimum Gasteiger partial charge on any atom is -0.391 e. The Morgan fingerprint density at radius 3 is 2.69 bits per heavy atom. The van der Waals surface area contributed by atoms with Crippen molar-refractivity contribution in [3.63, 3.8) is 0 Å². The van der Waals surface area contributed by atoms with Gasteiger partial charge in [-0.25, -0.2) is 9.40 Å².